The molecule has 2 aliphatic heterocycles. The van der Waals surface area contributed by atoms with E-state index in [4.69, 9.17) is 14.3 Å². The smallest absolute Gasteiger partial charge is 0.278 e. The fourth-order valence-electron chi connectivity index (χ4n) is 3.70. The van der Waals surface area contributed by atoms with Crippen LogP contribution in [0.3, 0.4) is 0 Å². The molecule has 10 nitrogen and oxygen atoms in total. The second kappa shape index (κ2) is 7.14. The summed E-state index contributed by atoms with van der Waals surface area (Å²) in [7, 11) is 2.98. The van der Waals surface area contributed by atoms with E-state index >= 15 is 0 Å². The van der Waals surface area contributed by atoms with Crippen LogP contribution in [0.15, 0.2) is 41.6 Å². The number of nitro groups is 1. The van der Waals surface area contributed by atoms with E-state index in [0.717, 1.165) is 4.90 Å². The minimum Gasteiger partial charge on any atom is -0.493 e. The first kappa shape index (κ1) is 19.4. The third-order valence-corrected chi connectivity index (χ3v) is 5.21. The molecule has 2 heterocycles. The summed E-state index contributed by atoms with van der Waals surface area (Å²) in [6.07, 6.45) is -1.13. The van der Waals surface area contributed by atoms with E-state index in [1.54, 1.807) is 18.2 Å². The number of oxime groups is 1. The van der Waals surface area contributed by atoms with Crippen molar-refractivity contribution in [3.8, 4) is 11.5 Å². The maximum Gasteiger partial charge on any atom is 0.278 e. The van der Waals surface area contributed by atoms with Gasteiger partial charge >= 0.3 is 0 Å². The molecule has 0 unspecified atom stereocenters. The maximum atomic E-state index is 13.2. The molecule has 2 aromatic rings. The first-order valence-electron chi connectivity index (χ1n) is 8.97. The lowest BCUT2D eigenvalue weighted by Gasteiger charge is -2.17. The lowest BCUT2D eigenvalue weighted by molar-refractivity contribution is -0.385. The van der Waals surface area contributed by atoms with Crippen LogP contribution in [-0.2, 0) is 14.4 Å². The van der Waals surface area contributed by atoms with Crippen molar-refractivity contribution in [3.05, 3.63) is 57.6 Å². The second-order valence-electron chi connectivity index (χ2n) is 6.74. The highest BCUT2D eigenvalue weighted by molar-refractivity contribution is 6.32. The lowest BCUT2D eigenvalue weighted by Crippen LogP contribution is -2.33. The molecule has 0 saturated carbocycles. The van der Waals surface area contributed by atoms with E-state index < -0.39 is 28.8 Å². The van der Waals surface area contributed by atoms with Crippen molar-refractivity contribution in [1.29, 1.82) is 0 Å². The zero-order valence-corrected chi connectivity index (χ0v) is 16.3. The lowest BCUT2D eigenvalue weighted by atomic mass is 9.94. The van der Waals surface area contributed by atoms with E-state index in [2.05, 4.69) is 5.16 Å². The molecule has 1 fully saturated rings. The van der Waals surface area contributed by atoms with Gasteiger partial charge in [0.25, 0.3) is 11.6 Å². The van der Waals surface area contributed by atoms with Crippen molar-refractivity contribution in [2.75, 3.05) is 19.1 Å². The second-order valence-corrected chi connectivity index (χ2v) is 6.74. The van der Waals surface area contributed by atoms with Crippen LogP contribution >= 0.6 is 0 Å². The van der Waals surface area contributed by atoms with Crippen molar-refractivity contribution in [1.82, 2.24) is 0 Å². The summed E-state index contributed by atoms with van der Waals surface area (Å²) in [4.78, 5) is 43.1. The van der Waals surface area contributed by atoms with Crippen molar-refractivity contribution in [2.45, 2.75) is 13.0 Å². The number of fused-ring (bicyclic) bond motifs is 1. The molecule has 30 heavy (non-hydrogen) atoms. The van der Waals surface area contributed by atoms with Crippen LogP contribution in [0.1, 0.15) is 11.1 Å². The summed E-state index contributed by atoms with van der Waals surface area (Å²) in [5.41, 5.74) is 1.02. The van der Waals surface area contributed by atoms with E-state index in [1.807, 2.05) is 0 Å². The Morgan fingerprint density at radius 1 is 1.10 bits per heavy atom. The molecule has 0 radical (unpaired) electrons. The van der Waals surface area contributed by atoms with Crippen LogP contribution in [-0.4, -0.2) is 42.8 Å². The highest BCUT2D eigenvalue weighted by Crippen LogP contribution is 2.39. The molecule has 0 bridgehead atoms. The maximum absolute atomic E-state index is 13.2. The number of carbonyl (C=O) groups excluding carboxylic acids is 2. The van der Waals surface area contributed by atoms with Crippen molar-refractivity contribution in [2.24, 2.45) is 11.1 Å². The minimum atomic E-state index is -1.13. The van der Waals surface area contributed by atoms with Gasteiger partial charge in [0.2, 0.25) is 12.0 Å². The van der Waals surface area contributed by atoms with Gasteiger partial charge in [-0.25, -0.2) is 4.90 Å². The summed E-state index contributed by atoms with van der Waals surface area (Å²) in [5.74, 6) is -1.20. The van der Waals surface area contributed by atoms with Crippen LogP contribution in [0.4, 0.5) is 11.4 Å². The van der Waals surface area contributed by atoms with E-state index in [-0.39, 0.29) is 22.6 Å². The monoisotopic (exact) mass is 411 g/mol. The summed E-state index contributed by atoms with van der Waals surface area (Å²) in [5, 5.41) is 15.2. The molecule has 0 aromatic heterocycles. The molecule has 1 saturated heterocycles. The van der Waals surface area contributed by atoms with E-state index in [9.17, 15) is 19.7 Å². The summed E-state index contributed by atoms with van der Waals surface area (Å²) in [6, 6.07) is 9.23. The van der Waals surface area contributed by atoms with Crippen LogP contribution in [0.25, 0.3) is 0 Å². The largest absolute Gasteiger partial charge is 0.493 e. The Kier molecular flexibility index (Phi) is 4.61. The van der Waals surface area contributed by atoms with Crippen LogP contribution in [0, 0.1) is 23.0 Å². The standard InChI is InChI=1S/C20H17N3O7/c1-10-12(5-4-6-13(10)23(26)27)22-19(24)16-17(21-30-18(16)20(22)25)11-7-8-14(28-2)15(9-11)29-3/h4-9,16,18H,1-3H3/t16-,18-/m1/s1. The van der Waals surface area contributed by atoms with Gasteiger partial charge in [-0.2, -0.15) is 0 Å². The van der Waals surface area contributed by atoms with Crippen molar-refractivity contribution in [3.63, 3.8) is 0 Å². The number of nitro benzene ring substituents is 1. The number of methoxy groups -OCH3 is 2. The molecule has 10 heteroatoms. The number of ether oxygens (including phenoxy) is 2. The highest BCUT2D eigenvalue weighted by Gasteiger charge is 2.56. The molecular weight excluding hydrogens is 394 g/mol. The van der Waals surface area contributed by atoms with Gasteiger partial charge in [0.05, 0.1) is 30.4 Å². The van der Waals surface area contributed by atoms with Crippen molar-refractivity contribution >= 4 is 28.9 Å². The molecule has 2 aliphatic rings. The zero-order valence-electron chi connectivity index (χ0n) is 16.3. The molecule has 154 valence electrons. The van der Waals surface area contributed by atoms with Crippen LogP contribution in [0.2, 0.25) is 0 Å². The van der Waals surface area contributed by atoms with Gasteiger partial charge in [-0.3, -0.25) is 19.7 Å². The van der Waals surface area contributed by atoms with Gasteiger partial charge in [0.15, 0.2) is 11.5 Å². The third kappa shape index (κ3) is 2.76. The fourth-order valence-corrected chi connectivity index (χ4v) is 3.70. The fraction of sp³-hybridized carbons (Fsp3) is 0.250. The Labute approximate surface area is 170 Å². The Morgan fingerprint density at radius 2 is 1.83 bits per heavy atom. The average Bonchev–Trinajstić information content (AvgIpc) is 3.28. The number of benzene rings is 2. The molecule has 0 aliphatic carbocycles. The third-order valence-electron chi connectivity index (χ3n) is 5.21. The number of carbonyl (C=O) groups is 2. The Balaban J connectivity index is 1.73. The molecule has 2 amide bonds. The highest BCUT2D eigenvalue weighted by atomic mass is 16.7. The number of hydrogen-bond acceptors (Lipinski definition) is 8. The van der Waals surface area contributed by atoms with Crippen LogP contribution in [0.5, 0.6) is 11.5 Å². The predicted octanol–water partition coefficient (Wildman–Crippen LogP) is 2.21. The topological polar surface area (TPSA) is 121 Å². The van der Waals surface area contributed by atoms with Crippen molar-refractivity contribution < 1.29 is 28.8 Å². The zero-order chi connectivity index (χ0) is 21.6. The summed E-state index contributed by atoms with van der Waals surface area (Å²) < 4.78 is 10.5. The van der Waals surface area contributed by atoms with E-state index in [0.29, 0.717) is 17.1 Å². The number of anilines is 1. The Hall–Kier alpha value is -3.95. The van der Waals surface area contributed by atoms with Gasteiger partial charge in [0, 0.05) is 11.6 Å². The number of rotatable bonds is 5. The molecule has 0 N–H and O–H groups in total. The summed E-state index contributed by atoms with van der Waals surface area (Å²) >= 11 is 0. The number of imide groups is 1. The Morgan fingerprint density at radius 3 is 2.50 bits per heavy atom. The van der Waals surface area contributed by atoms with Gasteiger partial charge in [-0.05, 0) is 31.2 Å². The SMILES string of the molecule is COc1ccc(C2=NO[C@H]3C(=O)N(c4cccc([N+](=O)[O-])c4C)C(=O)[C@H]23)cc1OC. The molecule has 2 atom stereocenters. The molecular formula is C20H17N3O7. The number of hydrogen-bond donors (Lipinski definition) is 0. The first-order valence-corrected chi connectivity index (χ1v) is 8.97. The van der Waals surface area contributed by atoms with Gasteiger partial charge in [-0.15, -0.1) is 0 Å². The number of nitrogens with zero attached hydrogens (tertiary/aromatic N) is 3. The molecule has 0 spiro atoms. The number of amides is 2. The quantitative estimate of drug-likeness (QED) is 0.420. The normalized spacial score (nSPS) is 20.0. The Bertz CT molecular complexity index is 1110. The van der Waals surface area contributed by atoms with Crippen LogP contribution < -0.4 is 14.4 Å². The molecule has 4 rings (SSSR count). The van der Waals surface area contributed by atoms with Gasteiger partial charge in [-0.1, -0.05) is 11.2 Å². The van der Waals surface area contributed by atoms with E-state index in [1.165, 1.54) is 39.3 Å². The van der Waals surface area contributed by atoms with Gasteiger partial charge in [0.1, 0.15) is 11.6 Å². The summed E-state index contributed by atoms with van der Waals surface area (Å²) in [6.45, 7) is 1.49. The minimum absolute atomic E-state index is 0.156. The van der Waals surface area contributed by atoms with Gasteiger partial charge < -0.3 is 14.3 Å². The molecule has 2 aromatic carbocycles. The average molecular weight is 411 g/mol. The first-order chi connectivity index (χ1) is 14.4. The predicted molar refractivity (Wildman–Crippen MR) is 105 cm³/mol.